The average molecular weight is 554 g/mol. The number of nitrogens with zero attached hydrogens (tertiary/aromatic N) is 3. The minimum Gasteiger partial charge on any atom is -0.352 e. The maximum atomic E-state index is 13.2. The molecule has 1 fully saturated rings. The number of halogens is 3. The summed E-state index contributed by atoms with van der Waals surface area (Å²) in [7, 11) is 0. The van der Waals surface area contributed by atoms with E-state index in [1.54, 1.807) is 18.3 Å². The molecular weight excluding hydrogens is 532 g/mol. The van der Waals surface area contributed by atoms with Gasteiger partial charge in [-0.1, -0.05) is 29.3 Å². The number of hydrogen-bond acceptors (Lipinski definition) is 3. The second kappa shape index (κ2) is 10.9. The van der Waals surface area contributed by atoms with Gasteiger partial charge in [-0.3, -0.25) is 9.78 Å². The van der Waals surface area contributed by atoms with Gasteiger partial charge in [-0.15, -0.1) is 0 Å². The molecule has 3 heterocycles. The van der Waals surface area contributed by atoms with Crippen LogP contribution in [0, 0.1) is 5.82 Å². The summed E-state index contributed by atoms with van der Waals surface area (Å²) in [6.07, 6.45) is 3.85. The third kappa shape index (κ3) is 5.46. The van der Waals surface area contributed by atoms with Crippen molar-refractivity contribution in [1.82, 2.24) is 19.8 Å². The molecule has 188 valence electrons. The lowest BCUT2D eigenvalue weighted by atomic mass is 10.0. The highest BCUT2D eigenvalue weighted by Gasteiger charge is 2.41. The molecule has 0 spiro atoms. The molecule has 37 heavy (non-hydrogen) atoms. The predicted molar refractivity (Wildman–Crippen MR) is 148 cm³/mol. The molecule has 2 aromatic heterocycles. The molecular formula is C27H22Cl2FN5OS. The molecule has 2 aromatic carbocycles. The fourth-order valence-electron chi connectivity index (χ4n) is 4.48. The molecule has 2 atom stereocenters. The van der Waals surface area contributed by atoms with Crippen LogP contribution < -0.4 is 10.6 Å². The average Bonchev–Trinajstić information content (AvgIpc) is 3.48. The maximum Gasteiger partial charge on any atom is 0.226 e. The van der Waals surface area contributed by atoms with E-state index < -0.39 is 0 Å². The monoisotopic (exact) mass is 553 g/mol. The number of hydrogen-bond donors (Lipinski definition) is 2. The number of carbonyl (C=O) groups is 1. The van der Waals surface area contributed by atoms with Gasteiger partial charge in [-0.2, -0.15) is 0 Å². The highest BCUT2D eigenvalue weighted by molar-refractivity contribution is 7.80. The van der Waals surface area contributed by atoms with E-state index in [1.807, 2.05) is 52.1 Å². The summed E-state index contributed by atoms with van der Waals surface area (Å²) >= 11 is 18.4. The number of anilines is 1. The summed E-state index contributed by atoms with van der Waals surface area (Å²) in [5, 5.41) is 7.78. The van der Waals surface area contributed by atoms with Crippen molar-refractivity contribution in [1.29, 1.82) is 0 Å². The molecule has 1 amide bonds. The Morgan fingerprint density at radius 1 is 1.08 bits per heavy atom. The van der Waals surface area contributed by atoms with Crippen LogP contribution in [-0.2, 0) is 4.79 Å². The van der Waals surface area contributed by atoms with E-state index in [0.29, 0.717) is 27.4 Å². The van der Waals surface area contributed by atoms with Crippen LogP contribution in [0.15, 0.2) is 85.2 Å². The first-order valence-corrected chi connectivity index (χ1v) is 12.7. The van der Waals surface area contributed by atoms with E-state index in [2.05, 4.69) is 15.6 Å². The predicted octanol–water partition coefficient (Wildman–Crippen LogP) is 6.32. The lowest BCUT2D eigenvalue weighted by Gasteiger charge is -2.29. The summed E-state index contributed by atoms with van der Waals surface area (Å²) in [6, 6.07) is 20.2. The Morgan fingerprint density at radius 3 is 2.62 bits per heavy atom. The van der Waals surface area contributed by atoms with E-state index in [0.717, 1.165) is 17.1 Å². The molecule has 1 aliphatic rings. The van der Waals surface area contributed by atoms with Gasteiger partial charge in [0.2, 0.25) is 5.91 Å². The summed E-state index contributed by atoms with van der Waals surface area (Å²) in [5.41, 5.74) is 3.05. The van der Waals surface area contributed by atoms with Crippen molar-refractivity contribution in [3.63, 3.8) is 0 Å². The normalized spacial score (nSPS) is 17.1. The van der Waals surface area contributed by atoms with E-state index in [1.165, 1.54) is 24.3 Å². The smallest absolute Gasteiger partial charge is 0.226 e. The fraction of sp³-hybridized carbons (Fsp3) is 0.148. The molecule has 0 aliphatic carbocycles. The van der Waals surface area contributed by atoms with Crippen molar-refractivity contribution in [3.8, 4) is 5.69 Å². The Morgan fingerprint density at radius 2 is 1.89 bits per heavy atom. The van der Waals surface area contributed by atoms with E-state index in [-0.39, 0.29) is 30.2 Å². The number of rotatable bonds is 7. The van der Waals surface area contributed by atoms with Crippen LogP contribution in [0.4, 0.5) is 10.1 Å². The topological polar surface area (TPSA) is 62.2 Å². The second-order valence-corrected chi connectivity index (χ2v) is 9.75. The summed E-state index contributed by atoms with van der Waals surface area (Å²) in [6.45, 7) is 0.354. The Labute approximate surface area is 229 Å². The van der Waals surface area contributed by atoms with Gasteiger partial charge in [-0.25, -0.2) is 4.39 Å². The highest BCUT2D eigenvalue weighted by Crippen LogP contribution is 2.40. The van der Waals surface area contributed by atoms with Gasteiger partial charge >= 0.3 is 0 Å². The van der Waals surface area contributed by atoms with Crippen LogP contribution >= 0.6 is 35.4 Å². The van der Waals surface area contributed by atoms with Gasteiger partial charge < -0.3 is 20.1 Å². The van der Waals surface area contributed by atoms with Crippen LogP contribution in [0.25, 0.3) is 5.69 Å². The van der Waals surface area contributed by atoms with Crippen molar-refractivity contribution in [2.75, 3.05) is 11.9 Å². The zero-order valence-electron chi connectivity index (χ0n) is 19.4. The van der Waals surface area contributed by atoms with Gasteiger partial charge in [0.15, 0.2) is 5.11 Å². The fourth-order valence-corrected chi connectivity index (χ4v) is 5.31. The van der Waals surface area contributed by atoms with Gasteiger partial charge in [0, 0.05) is 41.8 Å². The van der Waals surface area contributed by atoms with E-state index in [4.69, 9.17) is 35.4 Å². The third-order valence-corrected chi connectivity index (χ3v) is 7.05. The molecule has 0 unspecified atom stereocenters. The highest BCUT2D eigenvalue weighted by atomic mass is 35.5. The van der Waals surface area contributed by atoms with Crippen molar-refractivity contribution in [3.05, 3.63) is 112 Å². The molecule has 5 rings (SSSR count). The first-order chi connectivity index (χ1) is 17.9. The summed E-state index contributed by atoms with van der Waals surface area (Å²) in [4.78, 5) is 19.3. The van der Waals surface area contributed by atoms with Crippen molar-refractivity contribution in [2.45, 2.75) is 18.5 Å². The largest absolute Gasteiger partial charge is 0.352 e. The lowest BCUT2D eigenvalue weighted by molar-refractivity contribution is -0.116. The first-order valence-electron chi connectivity index (χ1n) is 11.6. The Bertz CT molecular complexity index is 1430. The van der Waals surface area contributed by atoms with Crippen molar-refractivity contribution < 1.29 is 9.18 Å². The van der Waals surface area contributed by atoms with Crippen LogP contribution in [0.5, 0.6) is 0 Å². The number of benzene rings is 2. The Balaban J connectivity index is 1.45. The van der Waals surface area contributed by atoms with Crippen LogP contribution in [0.2, 0.25) is 10.0 Å². The number of pyridine rings is 1. The SMILES string of the molecule is O=C(CCN1C(=S)N[C@H](c2ccccn2)[C@@H]1c1cccn1-c1ccc(Cl)cc1Cl)Nc1ccc(F)cc1. The van der Waals surface area contributed by atoms with Crippen LogP contribution in [0.3, 0.4) is 0 Å². The van der Waals surface area contributed by atoms with E-state index >= 15 is 0 Å². The molecule has 2 N–H and O–H groups in total. The third-order valence-electron chi connectivity index (χ3n) is 6.16. The van der Waals surface area contributed by atoms with Gasteiger partial charge in [-0.05, 0) is 78.9 Å². The first kappa shape index (κ1) is 25.2. The molecule has 4 aromatic rings. The minimum atomic E-state index is -0.362. The van der Waals surface area contributed by atoms with Crippen LogP contribution in [0.1, 0.15) is 29.9 Å². The number of thiocarbonyl (C=S) groups is 1. The number of nitrogens with one attached hydrogen (secondary N) is 2. The molecule has 1 saturated heterocycles. The van der Waals surface area contributed by atoms with Crippen LogP contribution in [-0.4, -0.2) is 32.0 Å². The summed E-state index contributed by atoms with van der Waals surface area (Å²) < 4.78 is 15.2. The molecule has 1 aliphatic heterocycles. The summed E-state index contributed by atoms with van der Waals surface area (Å²) in [5.74, 6) is -0.566. The standard InChI is InChI=1S/C27H22Cl2FN5OS/c28-17-6-11-22(20(29)16-17)34-14-3-5-23(34)26-25(21-4-1-2-13-31-21)33-27(37)35(26)15-12-24(36)32-19-9-7-18(30)8-10-19/h1-11,13-14,16,25-26H,12,15H2,(H,32,36)(H,33,37)/t25-,26+/m1/s1. The number of amides is 1. The molecule has 0 saturated carbocycles. The van der Waals surface area contributed by atoms with Crippen molar-refractivity contribution in [2.24, 2.45) is 0 Å². The molecule has 0 bridgehead atoms. The quantitative estimate of drug-likeness (QED) is 0.262. The number of aromatic nitrogens is 2. The van der Waals surface area contributed by atoms with Gasteiger partial charge in [0.25, 0.3) is 0 Å². The number of carbonyl (C=O) groups excluding carboxylic acids is 1. The van der Waals surface area contributed by atoms with E-state index in [9.17, 15) is 9.18 Å². The Hall–Kier alpha value is -3.46. The second-order valence-electron chi connectivity index (χ2n) is 8.52. The Kier molecular flexibility index (Phi) is 7.41. The zero-order chi connectivity index (χ0) is 25.9. The molecule has 10 heteroatoms. The zero-order valence-corrected chi connectivity index (χ0v) is 21.8. The van der Waals surface area contributed by atoms with Gasteiger partial charge in [0.1, 0.15) is 5.82 Å². The van der Waals surface area contributed by atoms with Crippen molar-refractivity contribution >= 4 is 52.1 Å². The molecule has 6 nitrogen and oxygen atoms in total. The lowest BCUT2D eigenvalue weighted by Crippen LogP contribution is -2.33. The molecule has 0 radical (unpaired) electrons. The maximum absolute atomic E-state index is 13.2. The minimum absolute atomic E-state index is 0.174. The van der Waals surface area contributed by atoms with Gasteiger partial charge in [0.05, 0.1) is 28.5 Å².